The van der Waals surface area contributed by atoms with Gasteiger partial charge in [-0.15, -0.1) is 6.42 Å². The normalized spacial score (nSPS) is 10.5. The largest absolute Gasteiger partial charge is 0.468 e. The van der Waals surface area contributed by atoms with E-state index >= 15 is 0 Å². The molecule has 0 aromatic carbocycles. The van der Waals surface area contributed by atoms with Gasteiger partial charge in [-0.25, -0.2) is 9.55 Å². The van der Waals surface area contributed by atoms with Crippen molar-refractivity contribution in [2.24, 2.45) is 0 Å². The van der Waals surface area contributed by atoms with Crippen molar-refractivity contribution in [1.29, 1.82) is 0 Å². The van der Waals surface area contributed by atoms with E-state index in [0.717, 1.165) is 13.0 Å². The summed E-state index contributed by atoms with van der Waals surface area (Å²) in [6, 6.07) is 0.211. The first-order valence-electron chi connectivity index (χ1n) is 5.66. The second-order valence-electron chi connectivity index (χ2n) is 3.80. The van der Waals surface area contributed by atoms with Crippen molar-refractivity contribution in [3.8, 4) is 18.4 Å². The van der Waals surface area contributed by atoms with E-state index in [4.69, 9.17) is 11.2 Å². The molecule has 0 bridgehead atoms. The summed E-state index contributed by atoms with van der Waals surface area (Å²) >= 11 is 0. The highest BCUT2D eigenvalue weighted by Gasteiger charge is 2.14. The number of rotatable bonds is 4. The standard InChI is InChI=1S/C12H14N4O2/c1-4-6-15-8-13-9-10(15)14-12(18-3)16(7-5-2)11(9)17/h2,8H,4,6-7H2,1,3H3. The van der Waals surface area contributed by atoms with Gasteiger partial charge >= 0.3 is 6.01 Å². The molecular weight excluding hydrogens is 232 g/mol. The zero-order valence-corrected chi connectivity index (χ0v) is 10.4. The van der Waals surface area contributed by atoms with E-state index in [-0.39, 0.29) is 18.1 Å². The van der Waals surface area contributed by atoms with Gasteiger partial charge in [0.15, 0.2) is 11.2 Å². The van der Waals surface area contributed by atoms with Crippen molar-refractivity contribution in [2.75, 3.05) is 7.11 Å². The van der Waals surface area contributed by atoms with Crippen LogP contribution in [0.15, 0.2) is 11.1 Å². The van der Waals surface area contributed by atoms with Gasteiger partial charge in [0.2, 0.25) is 0 Å². The Hall–Kier alpha value is -2.29. The lowest BCUT2D eigenvalue weighted by Gasteiger charge is -2.08. The second-order valence-corrected chi connectivity index (χ2v) is 3.80. The number of terminal acetylenes is 1. The van der Waals surface area contributed by atoms with E-state index in [2.05, 4.69) is 15.9 Å². The van der Waals surface area contributed by atoms with Gasteiger partial charge in [-0.2, -0.15) is 4.98 Å². The fourth-order valence-electron chi connectivity index (χ4n) is 1.80. The predicted octanol–water partition coefficient (Wildman–Crippen LogP) is 0.645. The van der Waals surface area contributed by atoms with Crippen molar-refractivity contribution in [2.45, 2.75) is 26.4 Å². The minimum atomic E-state index is -0.273. The highest BCUT2D eigenvalue weighted by atomic mass is 16.5. The highest BCUT2D eigenvalue weighted by molar-refractivity contribution is 5.69. The van der Waals surface area contributed by atoms with Crippen molar-refractivity contribution in [3.05, 3.63) is 16.7 Å². The van der Waals surface area contributed by atoms with E-state index < -0.39 is 0 Å². The number of aromatic nitrogens is 4. The summed E-state index contributed by atoms with van der Waals surface area (Å²) in [5, 5.41) is 0. The number of hydrogen-bond acceptors (Lipinski definition) is 4. The van der Waals surface area contributed by atoms with Crippen LogP contribution in [0.2, 0.25) is 0 Å². The maximum Gasteiger partial charge on any atom is 0.301 e. The van der Waals surface area contributed by atoms with Crippen molar-refractivity contribution < 1.29 is 4.74 Å². The minimum Gasteiger partial charge on any atom is -0.468 e. The van der Waals surface area contributed by atoms with E-state index in [9.17, 15) is 4.79 Å². The Morgan fingerprint density at radius 3 is 2.94 bits per heavy atom. The van der Waals surface area contributed by atoms with Crippen LogP contribution in [0, 0.1) is 12.3 Å². The lowest BCUT2D eigenvalue weighted by Crippen LogP contribution is -2.23. The second kappa shape index (κ2) is 4.92. The third-order valence-corrected chi connectivity index (χ3v) is 2.59. The van der Waals surface area contributed by atoms with Gasteiger partial charge in [0.05, 0.1) is 20.0 Å². The molecule has 2 heterocycles. The molecule has 0 spiro atoms. The van der Waals surface area contributed by atoms with Crippen LogP contribution in [0.4, 0.5) is 0 Å². The van der Waals surface area contributed by atoms with Crippen LogP contribution >= 0.6 is 0 Å². The number of methoxy groups -OCH3 is 1. The molecule has 0 aliphatic carbocycles. The fraction of sp³-hybridized carbons (Fsp3) is 0.417. The molecule has 0 atom stereocenters. The molecule has 0 saturated heterocycles. The Bertz CT molecular complexity index is 663. The molecule has 18 heavy (non-hydrogen) atoms. The molecule has 6 heteroatoms. The smallest absolute Gasteiger partial charge is 0.301 e. The maximum absolute atomic E-state index is 12.2. The van der Waals surface area contributed by atoms with Gasteiger partial charge in [-0.3, -0.25) is 4.79 Å². The molecule has 0 N–H and O–H groups in total. The van der Waals surface area contributed by atoms with Gasteiger partial charge in [0, 0.05) is 6.54 Å². The van der Waals surface area contributed by atoms with Gasteiger partial charge in [-0.05, 0) is 6.42 Å². The Labute approximate surface area is 104 Å². The summed E-state index contributed by atoms with van der Waals surface area (Å²) in [5.74, 6) is 2.40. The van der Waals surface area contributed by atoms with Crippen molar-refractivity contribution in [3.63, 3.8) is 0 Å². The van der Waals surface area contributed by atoms with Crippen LogP contribution < -0.4 is 10.3 Å². The molecular formula is C12H14N4O2. The van der Waals surface area contributed by atoms with E-state index in [1.165, 1.54) is 11.7 Å². The number of imidazole rings is 1. The first-order chi connectivity index (χ1) is 8.72. The van der Waals surface area contributed by atoms with E-state index in [1.54, 1.807) is 6.33 Å². The molecule has 0 saturated carbocycles. The Morgan fingerprint density at radius 1 is 1.56 bits per heavy atom. The highest BCUT2D eigenvalue weighted by Crippen LogP contribution is 2.12. The fourth-order valence-corrected chi connectivity index (χ4v) is 1.80. The Morgan fingerprint density at radius 2 is 2.33 bits per heavy atom. The zero-order chi connectivity index (χ0) is 13.1. The van der Waals surface area contributed by atoms with Gasteiger partial charge < -0.3 is 9.30 Å². The molecule has 0 unspecified atom stereocenters. The molecule has 0 aliphatic heterocycles. The van der Waals surface area contributed by atoms with Gasteiger partial charge in [-0.1, -0.05) is 12.8 Å². The summed E-state index contributed by atoms with van der Waals surface area (Å²) in [6.45, 7) is 2.92. The van der Waals surface area contributed by atoms with Crippen LogP contribution in [0.1, 0.15) is 13.3 Å². The summed E-state index contributed by atoms with van der Waals surface area (Å²) in [4.78, 5) is 20.6. The van der Waals surface area contributed by atoms with Crippen LogP contribution in [0.25, 0.3) is 11.2 Å². The number of ether oxygens (including phenoxy) is 1. The maximum atomic E-state index is 12.2. The third-order valence-electron chi connectivity index (χ3n) is 2.59. The van der Waals surface area contributed by atoms with Crippen LogP contribution in [0.3, 0.4) is 0 Å². The predicted molar refractivity (Wildman–Crippen MR) is 67.5 cm³/mol. The SMILES string of the molecule is C#CCn1c(OC)nc2c(ncn2CCC)c1=O. The number of aryl methyl sites for hydroxylation is 1. The summed E-state index contributed by atoms with van der Waals surface area (Å²) < 4.78 is 8.23. The van der Waals surface area contributed by atoms with Crippen LogP contribution in [0.5, 0.6) is 6.01 Å². The third kappa shape index (κ3) is 1.84. The van der Waals surface area contributed by atoms with Gasteiger partial charge in [0.25, 0.3) is 5.56 Å². The van der Waals surface area contributed by atoms with Crippen LogP contribution in [-0.4, -0.2) is 26.2 Å². The first-order valence-corrected chi connectivity index (χ1v) is 5.66. The molecule has 2 aromatic rings. The molecule has 0 aliphatic rings. The summed E-state index contributed by atoms with van der Waals surface area (Å²) in [7, 11) is 1.46. The molecule has 0 fully saturated rings. The number of fused-ring (bicyclic) bond motifs is 1. The average molecular weight is 246 g/mol. The lowest BCUT2D eigenvalue weighted by atomic mass is 10.4. The Balaban J connectivity index is 2.72. The number of hydrogen-bond donors (Lipinski definition) is 0. The minimum absolute atomic E-state index is 0.117. The van der Waals surface area contributed by atoms with Gasteiger partial charge in [0.1, 0.15) is 0 Å². The van der Waals surface area contributed by atoms with E-state index in [1.807, 2.05) is 11.5 Å². The van der Waals surface area contributed by atoms with Crippen LogP contribution in [-0.2, 0) is 13.1 Å². The quantitative estimate of drug-likeness (QED) is 0.743. The zero-order valence-electron chi connectivity index (χ0n) is 10.4. The molecule has 0 amide bonds. The lowest BCUT2D eigenvalue weighted by molar-refractivity contribution is 0.355. The first kappa shape index (κ1) is 12.2. The Kier molecular flexibility index (Phi) is 3.33. The monoisotopic (exact) mass is 246 g/mol. The molecule has 0 radical (unpaired) electrons. The van der Waals surface area contributed by atoms with E-state index in [0.29, 0.717) is 11.2 Å². The van der Waals surface area contributed by atoms with Crippen molar-refractivity contribution >= 4 is 11.2 Å². The average Bonchev–Trinajstić information content (AvgIpc) is 2.77. The summed E-state index contributed by atoms with van der Waals surface area (Å²) in [6.07, 6.45) is 7.78. The molecule has 94 valence electrons. The molecule has 2 rings (SSSR count). The molecule has 6 nitrogen and oxygen atoms in total. The van der Waals surface area contributed by atoms with Crippen molar-refractivity contribution in [1.82, 2.24) is 19.1 Å². The molecule has 2 aromatic heterocycles. The number of nitrogens with zero attached hydrogens (tertiary/aromatic N) is 4. The topological polar surface area (TPSA) is 61.9 Å². The summed E-state index contributed by atoms with van der Waals surface area (Å²) in [5.41, 5.74) is 0.580.